The molecule has 3 aromatic carbocycles. The number of ether oxygens (including phenoxy) is 4. The van der Waals surface area contributed by atoms with E-state index in [9.17, 15) is 38.4 Å². The van der Waals surface area contributed by atoms with E-state index in [1.54, 1.807) is 0 Å². The molecule has 4 amide bonds. The third-order valence-electron chi connectivity index (χ3n) is 8.00. The molecule has 0 spiro atoms. The molecule has 2 aliphatic heterocycles. The summed E-state index contributed by atoms with van der Waals surface area (Å²) in [5.41, 5.74) is 1.57. The third kappa shape index (κ3) is 7.08. The first-order chi connectivity index (χ1) is 23.8. The smallest absolute Gasteiger partial charge is 0.343 e. The average Bonchev–Trinajstić information content (AvgIpc) is 3.42. The lowest BCUT2D eigenvalue weighted by Crippen LogP contribution is -2.34. The molecule has 0 N–H and O–H groups in total. The number of carbonyl (C=O) groups excluding carboxylic acids is 8. The van der Waals surface area contributed by atoms with E-state index in [1.807, 2.05) is 0 Å². The number of imide groups is 2. The highest BCUT2D eigenvalue weighted by Gasteiger charge is 2.35. The lowest BCUT2D eigenvalue weighted by Gasteiger charge is -2.15. The Balaban J connectivity index is 1.08. The average molecular weight is 681 g/mol. The summed E-state index contributed by atoms with van der Waals surface area (Å²) in [5.74, 6) is -4.95. The predicted octanol–water partition coefficient (Wildman–Crippen LogP) is 3.76. The largest absolute Gasteiger partial charge is 0.440 e. The maximum absolute atomic E-state index is 12.7. The van der Waals surface area contributed by atoms with Gasteiger partial charge in [0.25, 0.3) is 23.6 Å². The van der Waals surface area contributed by atoms with Gasteiger partial charge >= 0.3 is 23.9 Å². The van der Waals surface area contributed by atoms with Gasteiger partial charge in [-0.15, -0.1) is 0 Å². The van der Waals surface area contributed by atoms with Crippen molar-refractivity contribution >= 4 is 47.5 Å². The first-order valence-corrected chi connectivity index (χ1v) is 14.9. The molecule has 2 aliphatic rings. The second kappa shape index (κ2) is 14.2. The number of esters is 4. The van der Waals surface area contributed by atoms with Crippen molar-refractivity contribution in [1.82, 2.24) is 9.80 Å². The van der Waals surface area contributed by atoms with Crippen LogP contribution in [0.3, 0.4) is 0 Å². The first-order valence-electron chi connectivity index (χ1n) is 14.9. The molecule has 0 saturated carbocycles. The van der Waals surface area contributed by atoms with Gasteiger partial charge in [0.1, 0.15) is 11.5 Å². The molecule has 50 heavy (non-hydrogen) atoms. The molecule has 0 unspecified atom stereocenters. The summed E-state index contributed by atoms with van der Waals surface area (Å²) in [6.45, 7) is 4.97. The fourth-order valence-electron chi connectivity index (χ4n) is 4.68. The number of amides is 4. The molecule has 14 heteroatoms. The number of benzene rings is 3. The van der Waals surface area contributed by atoms with Crippen LogP contribution in [-0.4, -0.2) is 70.8 Å². The Hall–Kier alpha value is -6.70. The maximum Gasteiger partial charge on any atom is 0.343 e. The van der Waals surface area contributed by atoms with Crippen molar-refractivity contribution in [2.75, 3.05) is 13.5 Å². The van der Waals surface area contributed by atoms with Gasteiger partial charge in [0.05, 0.1) is 22.3 Å². The quantitative estimate of drug-likeness (QED) is 0.172. The van der Waals surface area contributed by atoms with Crippen molar-refractivity contribution < 1.29 is 57.3 Å². The second-order valence-electron chi connectivity index (χ2n) is 11.1. The molecule has 0 atom stereocenters. The summed E-state index contributed by atoms with van der Waals surface area (Å²) in [4.78, 5) is 100. The first kappa shape index (κ1) is 34.6. The minimum Gasteiger partial charge on any atom is -0.440 e. The Morgan fingerprint density at radius 1 is 0.420 bits per heavy atom. The summed E-state index contributed by atoms with van der Waals surface area (Å²) in [7, 11) is 0. The summed E-state index contributed by atoms with van der Waals surface area (Å²) in [6, 6.07) is 16.3. The monoisotopic (exact) mass is 680 g/mol. The van der Waals surface area contributed by atoms with Crippen molar-refractivity contribution in [3.63, 3.8) is 0 Å². The zero-order valence-electron chi connectivity index (χ0n) is 27.1. The molecule has 0 saturated heterocycles. The number of nitrogens with zero attached hydrogens (tertiary/aromatic N) is 2. The highest BCUT2D eigenvalue weighted by Crippen LogP contribution is 2.22. The zero-order chi connectivity index (χ0) is 36.3. The molecule has 0 radical (unpaired) electrons. The highest BCUT2D eigenvalue weighted by atomic mass is 16.6. The Morgan fingerprint density at radius 3 is 0.940 bits per heavy atom. The molecular formula is C36H28N2O12. The Morgan fingerprint density at radius 2 is 0.660 bits per heavy atom. The summed E-state index contributed by atoms with van der Waals surface area (Å²) in [6.07, 6.45) is 0. The van der Waals surface area contributed by atoms with E-state index in [0.717, 1.165) is 9.80 Å². The molecule has 0 bridgehead atoms. The van der Waals surface area contributed by atoms with Crippen molar-refractivity contribution in [3.05, 3.63) is 117 Å². The van der Waals surface area contributed by atoms with E-state index in [0.29, 0.717) is 0 Å². The SMILES string of the molecule is CC1=C(C)C(=O)N(COC(=O)c2ccc(OC(=O)c3ccc(OC(=O)c4ccc(C(=O)OCN5C(=O)C(C)=C(C)C5=O)cc4)cc3)cc2)C1=O. The predicted molar refractivity (Wildman–Crippen MR) is 170 cm³/mol. The van der Waals surface area contributed by atoms with E-state index in [1.165, 1.54) is 100 Å². The summed E-state index contributed by atoms with van der Waals surface area (Å²) >= 11 is 0. The Labute approximate surface area is 284 Å². The van der Waals surface area contributed by atoms with Crippen LogP contribution in [0.4, 0.5) is 0 Å². The van der Waals surface area contributed by atoms with Gasteiger partial charge in [0, 0.05) is 22.3 Å². The summed E-state index contributed by atoms with van der Waals surface area (Å²) < 4.78 is 20.9. The van der Waals surface area contributed by atoms with Gasteiger partial charge in [0.2, 0.25) is 0 Å². The van der Waals surface area contributed by atoms with E-state index < -0.39 is 61.0 Å². The summed E-state index contributed by atoms with van der Waals surface area (Å²) in [5, 5.41) is 0. The fraction of sp³-hybridized carbons (Fsp3) is 0.167. The molecule has 0 aliphatic carbocycles. The molecule has 0 fully saturated rings. The van der Waals surface area contributed by atoms with Crippen molar-refractivity contribution in [2.45, 2.75) is 27.7 Å². The van der Waals surface area contributed by atoms with Crippen LogP contribution in [0.2, 0.25) is 0 Å². The van der Waals surface area contributed by atoms with Crippen molar-refractivity contribution in [1.29, 1.82) is 0 Å². The normalized spacial score (nSPS) is 14.4. The van der Waals surface area contributed by atoms with Gasteiger partial charge in [-0.25, -0.2) is 29.0 Å². The molecule has 254 valence electrons. The van der Waals surface area contributed by atoms with Crippen LogP contribution >= 0.6 is 0 Å². The second-order valence-corrected chi connectivity index (χ2v) is 11.1. The highest BCUT2D eigenvalue weighted by molar-refractivity contribution is 6.19. The van der Waals surface area contributed by atoms with Crippen molar-refractivity contribution in [3.8, 4) is 11.5 Å². The number of rotatable bonds is 10. The third-order valence-corrected chi connectivity index (χ3v) is 8.00. The zero-order valence-corrected chi connectivity index (χ0v) is 27.1. The number of hydrogen-bond donors (Lipinski definition) is 0. The van der Waals surface area contributed by atoms with Gasteiger partial charge in [0.15, 0.2) is 13.5 Å². The number of hydrogen-bond acceptors (Lipinski definition) is 12. The Bertz CT molecular complexity index is 1980. The fourth-order valence-corrected chi connectivity index (χ4v) is 4.68. The lowest BCUT2D eigenvalue weighted by molar-refractivity contribution is -0.143. The van der Waals surface area contributed by atoms with Crippen LogP contribution in [0.5, 0.6) is 11.5 Å². The van der Waals surface area contributed by atoms with E-state index in [2.05, 4.69) is 0 Å². The van der Waals surface area contributed by atoms with E-state index in [-0.39, 0.29) is 56.0 Å². The van der Waals surface area contributed by atoms with Gasteiger partial charge < -0.3 is 18.9 Å². The van der Waals surface area contributed by atoms with Gasteiger partial charge in [-0.1, -0.05) is 0 Å². The minimum absolute atomic E-state index is 0.0790. The molecule has 14 nitrogen and oxygen atoms in total. The van der Waals surface area contributed by atoms with E-state index in [4.69, 9.17) is 18.9 Å². The van der Waals surface area contributed by atoms with Crippen LogP contribution in [0.25, 0.3) is 0 Å². The van der Waals surface area contributed by atoms with Crippen LogP contribution in [-0.2, 0) is 28.7 Å². The van der Waals surface area contributed by atoms with Crippen molar-refractivity contribution in [2.24, 2.45) is 0 Å². The minimum atomic E-state index is -0.804. The van der Waals surface area contributed by atoms with Gasteiger partial charge in [-0.05, 0) is 100 Å². The molecule has 2 heterocycles. The molecular weight excluding hydrogens is 652 g/mol. The molecule has 0 aromatic heterocycles. The molecule has 3 aromatic rings. The van der Waals surface area contributed by atoms with Crippen LogP contribution in [0.15, 0.2) is 95.1 Å². The van der Waals surface area contributed by atoms with Crippen LogP contribution in [0.1, 0.15) is 69.1 Å². The van der Waals surface area contributed by atoms with Gasteiger partial charge in [-0.2, -0.15) is 0 Å². The van der Waals surface area contributed by atoms with Crippen LogP contribution in [0, 0.1) is 0 Å². The van der Waals surface area contributed by atoms with E-state index >= 15 is 0 Å². The topological polar surface area (TPSA) is 180 Å². The molecule has 5 rings (SSSR count). The Kier molecular flexibility index (Phi) is 9.83. The standard InChI is InChI=1S/C36H28N2O12/c1-19-20(2)30(40)37(29(19)39)17-47-33(43)23-5-7-25(8-6-23)35(45)49-28-15-11-26(12-16-28)36(46)50-27-13-9-24(10-14-27)34(44)48-18-38-31(41)21(3)22(4)32(38)42/h5-16H,17-18H2,1-4H3. The van der Waals surface area contributed by atoms with Crippen LogP contribution < -0.4 is 9.47 Å². The maximum atomic E-state index is 12.7. The lowest BCUT2D eigenvalue weighted by atomic mass is 10.1. The van der Waals surface area contributed by atoms with Gasteiger partial charge in [-0.3, -0.25) is 19.2 Å². The number of carbonyl (C=O) groups is 8.